The molecule has 24 heavy (non-hydrogen) atoms. The van der Waals surface area contributed by atoms with Crippen LogP contribution in [0, 0.1) is 13.8 Å². The van der Waals surface area contributed by atoms with Crippen LogP contribution in [-0.2, 0) is 0 Å². The van der Waals surface area contributed by atoms with Crippen LogP contribution in [0.4, 0.5) is 0 Å². The average molecular weight is 340 g/mol. The lowest BCUT2D eigenvalue weighted by atomic mass is 10.1. The molecule has 0 spiro atoms. The molecular formula is C18H14ClN3O2. The minimum Gasteiger partial charge on any atom is -0.460 e. The van der Waals surface area contributed by atoms with Crippen molar-refractivity contribution in [3.05, 3.63) is 69.3 Å². The van der Waals surface area contributed by atoms with Gasteiger partial charge in [0.05, 0.1) is 0 Å². The summed E-state index contributed by atoms with van der Waals surface area (Å²) in [7, 11) is 0. The van der Waals surface area contributed by atoms with E-state index in [1.165, 1.54) is 10.6 Å². The van der Waals surface area contributed by atoms with Crippen molar-refractivity contribution < 1.29 is 4.42 Å². The summed E-state index contributed by atoms with van der Waals surface area (Å²) in [5.41, 5.74) is 3.56. The first-order valence-electron chi connectivity index (χ1n) is 7.48. The molecule has 1 N–H and O–H groups in total. The Bertz CT molecular complexity index is 1100. The molecule has 0 bridgehead atoms. The van der Waals surface area contributed by atoms with Gasteiger partial charge in [0.1, 0.15) is 11.5 Å². The maximum Gasteiger partial charge on any atom is 0.273 e. The minimum absolute atomic E-state index is 0.188. The number of hydrogen-bond acceptors (Lipinski definition) is 3. The Hall–Kier alpha value is -2.79. The third-order valence-electron chi connectivity index (χ3n) is 3.92. The van der Waals surface area contributed by atoms with Crippen LogP contribution in [0.1, 0.15) is 11.5 Å². The molecule has 0 saturated heterocycles. The number of halogens is 1. The number of hydrogen-bond donors (Lipinski definition) is 1. The monoisotopic (exact) mass is 339 g/mol. The first-order chi connectivity index (χ1) is 11.5. The fraction of sp³-hybridized carbons (Fsp3) is 0.111. The number of fused-ring (bicyclic) bond motifs is 1. The summed E-state index contributed by atoms with van der Waals surface area (Å²) < 4.78 is 7.05. The van der Waals surface area contributed by atoms with Crippen molar-refractivity contribution >= 4 is 17.2 Å². The molecule has 4 rings (SSSR count). The Morgan fingerprint density at radius 3 is 2.54 bits per heavy atom. The zero-order chi connectivity index (χ0) is 16.8. The van der Waals surface area contributed by atoms with Crippen molar-refractivity contribution in [2.24, 2.45) is 0 Å². The van der Waals surface area contributed by atoms with Crippen LogP contribution in [0.25, 0.3) is 28.2 Å². The van der Waals surface area contributed by atoms with Gasteiger partial charge >= 0.3 is 0 Å². The molecule has 0 aliphatic heterocycles. The minimum atomic E-state index is -0.188. The second kappa shape index (κ2) is 5.39. The maximum absolute atomic E-state index is 12.5. The molecule has 0 atom stereocenters. The fourth-order valence-corrected chi connectivity index (χ4v) is 2.94. The van der Waals surface area contributed by atoms with Gasteiger partial charge in [-0.05, 0) is 43.7 Å². The van der Waals surface area contributed by atoms with Crippen LogP contribution in [0.3, 0.4) is 0 Å². The van der Waals surface area contributed by atoms with E-state index in [-0.39, 0.29) is 5.56 Å². The topological polar surface area (TPSA) is 63.3 Å². The fourth-order valence-electron chi connectivity index (χ4n) is 2.81. The Labute approximate surface area is 142 Å². The quantitative estimate of drug-likeness (QED) is 0.594. The third-order valence-corrected chi connectivity index (χ3v) is 4.17. The highest BCUT2D eigenvalue weighted by Crippen LogP contribution is 2.29. The van der Waals surface area contributed by atoms with Crippen molar-refractivity contribution in [2.45, 2.75) is 13.8 Å². The van der Waals surface area contributed by atoms with E-state index < -0.39 is 0 Å². The van der Waals surface area contributed by atoms with E-state index in [1.54, 1.807) is 0 Å². The molecule has 3 heterocycles. The number of aromatic nitrogens is 3. The van der Waals surface area contributed by atoms with E-state index in [4.69, 9.17) is 16.0 Å². The van der Waals surface area contributed by atoms with Gasteiger partial charge < -0.3 is 4.42 Å². The van der Waals surface area contributed by atoms with E-state index in [2.05, 4.69) is 10.1 Å². The molecule has 0 aliphatic carbocycles. The lowest BCUT2D eigenvalue weighted by molar-refractivity contribution is 0.546. The summed E-state index contributed by atoms with van der Waals surface area (Å²) in [6.07, 6.45) is 0. The van der Waals surface area contributed by atoms with Crippen LogP contribution < -0.4 is 5.56 Å². The summed E-state index contributed by atoms with van der Waals surface area (Å²) in [6.45, 7) is 3.77. The van der Waals surface area contributed by atoms with Gasteiger partial charge in [-0.1, -0.05) is 23.7 Å². The predicted molar refractivity (Wildman–Crippen MR) is 93.4 cm³/mol. The molecule has 3 aromatic heterocycles. The van der Waals surface area contributed by atoms with E-state index >= 15 is 0 Å². The molecule has 0 radical (unpaired) electrons. The molecule has 0 amide bonds. The highest BCUT2D eigenvalue weighted by Gasteiger charge is 2.16. The number of H-pyrrole nitrogens is 1. The van der Waals surface area contributed by atoms with Gasteiger partial charge in [0.2, 0.25) is 0 Å². The second-order valence-corrected chi connectivity index (χ2v) is 6.10. The van der Waals surface area contributed by atoms with Gasteiger partial charge in [0, 0.05) is 22.3 Å². The van der Waals surface area contributed by atoms with E-state index in [9.17, 15) is 4.79 Å². The molecular weight excluding hydrogens is 326 g/mol. The number of furan rings is 1. The molecule has 4 aromatic rings. The number of benzene rings is 1. The van der Waals surface area contributed by atoms with Crippen molar-refractivity contribution in [1.82, 2.24) is 14.6 Å². The first-order valence-corrected chi connectivity index (χ1v) is 7.86. The SMILES string of the molecule is Cc1ccc(-c2cc(=O)n3[nH]c(C)c(-c4ccc(Cl)cc4)c3n2)o1. The van der Waals surface area contributed by atoms with E-state index in [0.29, 0.717) is 22.1 Å². The van der Waals surface area contributed by atoms with Crippen LogP contribution >= 0.6 is 11.6 Å². The molecule has 0 unspecified atom stereocenters. The first kappa shape index (κ1) is 14.8. The van der Waals surface area contributed by atoms with Crippen LogP contribution in [0.5, 0.6) is 0 Å². The normalized spacial score (nSPS) is 11.3. The molecule has 0 aliphatic rings. The summed E-state index contributed by atoms with van der Waals surface area (Å²) in [6, 6.07) is 12.6. The average Bonchev–Trinajstić information content (AvgIpc) is 3.12. The molecule has 5 nitrogen and oxygen atoms in total. The van der Waals surface area contributed by atoms with Crippen molar-refractivity contribution in [3.8, 4) is 22.6 Å². The largest absolute Gasteiger partial charge is 0.460 e. The Morgan fingerprint density at radius 2 is 1.88 bits per heavy atom. The van der Waals surface area contributed by atoms with Crippen molar-refractivity contribution in [3.63, 3.8) is 0 Å². The standard InChI is InChI=1S/C18H14ClN3O2/c1-10-3-8-15(24-10)14-9-16(23)22-18(20-14)17(11(2)21-22)12-4-6-13(19)7-5-12/h3-9,21H,1-2H3. The van der Waals surface area contributed by atoms with Gasteiger partial charge in [-0.15, -0.1) is 0 Å². The number of nitrogens with one attached hydrogen (secondary N) is 1. The molecule has 6 heteroatoms. The lowest BCUT2D eigenvalue weighted by Gasteiger charge is -2.02. The molecule has 0 fully saturated rings. The van der Waals surface area contributed by atoms with Crippen molar-refractivity contribution in [2.75, 3.05) is 0 Å². The van der Waals surface area contributed by atoms with Gasteiger partial charge in [-0.25, -0.2) is 9.50 Å². The number of nitrogens with zero attached hydrogens (tertiary/aromatic N) is 2. The Balaban J connectivity index is 2.00. The highest BCUT2D eigenvalue weighted by atomic mass is 35.5. The van der Waals surface area contributed by atoms with Gasteiger partial charge in [0.25, 0.3) is 5.56 Å². The number of aryl methyl sites for hydroxylation is 2. The smallest absolute Gasteiger partial charge is 0.273 e. The zero-order valence-electron chi connectivity index (χ0n) is 13.1. The summed E-state index contributed by atoms with van der Waals surface area (Å²) in [5.74, 6) is 1.35. The summed E-state index contributed by atoms with van der Waals surface area (Å²) in [5, 5.41) is 3.73. The van der Waals surface area contributed by atoms with Crippen LogP contribution in [0.15, 0.2) is 51.7 Å². The van der Waals surface area contributed by atoms with Gasteiger partial charge in [-0.2, -0.15) is 0 Å². The Morgan fingerprint density at radius 1 is 1.12 bits per heavy atom. The molecule has 1 aromatic carbocycles. The van der Waals surface area contributed by atoms with Gasteiger partial charge in [0.15, 0.2) is 11.4 Å². The van der Waals surface area contributed by atoms with Crippen LogP contribution in [0.2, 0.25) is 5.02 Å². The lowest BCUT2D eigenvalue weighted by Crippen LogP contribution is -2.14. The second-order valence-electron chi connectivity index (χ2n) is 5.67. The maximum atomic E-state index is 12.5. The number of aromatic amines is 1. The van der Waals surface area contributed by atoms with Gasteiger partial charge in [-0.3, -0.25) is 9.89 Å². The molecule has 0 saturated carbocycles. The molecule has 120 valence electrons. The third kappa shape index (κ3) is 2.34. The van der Waals surface area contributed by atoms with Crippen LogP contribution in [-0.4, -0.2) is 14.6 Å². The van der Waals surface area contributed by atoms with E-state index in [1.807, 2.05) is 50.2 Å². The zero-order valence-corrected chi connectivity index (χ0v) is 13.9. The van der Waals surface area contributed by atoms with Crippen molar-refractivity contribution in [1.29, 1.82) is 0 Å². The Kier molecular flexibility index (Phi) is 3.32. The van der Waals surface area contributed by atoms with E-state index in [0.717, 1.165) is 22.6 Å². The summed E-state index contributed by atoms with van der Waals surface area (Å²) in [4.78, 5) is 17.1. The highest BCUT2D eigenvalue weighted by molar-refractivity contribution is 6.30. The summed E-state index contributed by atoms with van der Waals surface area (Å²) >= 11 is 5.97. The predicted octanol–water partition coefficient (Wildman–Crippen LogP) is 4.22. The number of rotatable bonds is 2.